The van der Waals surface area contributed by atoms with Gasteiger partial charge in [-0.2, -0.15) is 5.26 Å². The standard InChI is InChI=1S/C16H19N5/c1-11(2)10-18-15-8-16(20-12(3)19-15)21-14-6-4-13(9-17)5-7-14/h4-8,11H,10H2,1-3H3,(H2,18,19,20,21). The van der Waals surface area contributed by atoms with Gasteiger partial charge in [0.1, 0.15) is 17.5 Å². The van der Waals surface area contributed by atoms with Gasteiger partial charge in [0.15, 0.2) is 0 Å². The minimum Gasteiger partial charge on any atom is -0.370 e. The third-order valence-corrected chi connectivity index (χ3v) is 2.82. The van der Waals surface area contributed by atoms with Gasteiger partial charge in [0.25, 0.3) is 0 Å². The first-order valence-electron chi connectivity index (χ1n) is 6.93. The molecule has 0 radical (unpaired) electrons. The molecular weight excluding hydrogens is 262 g/mol. The summed E-state index contributed by atoms with van der Waals surface area (Å²) < 4.78 is 0. The number of anilines is 3. The van der Waals surface area contributed by atoms with E-state index in [2.05, 4.69) is 40.5 Å². The van der Waals surface area contributed by atoms with Crippen LogP contribution in [-0.4, -0.2) is 16.5 Å². The van der Waals surface area contributed by atoms with Crippen molar-refractivity contribution < 1.29 is 0 Å². The Balaban J connectivity index is 2.13. The van der Waals surface area contributed by atoms with Crippen LogP contribution in [0.2, 0.25) is 0 Å². The summed E-state index contributed by atoms with van der Waals surface area (Å²) >= 11 is 0. The van der Waals surface area contributed by atoms with E-state index >= 15 is 0 Å². The monoisotopic (exact) mass is 281 g/mol. The zero-order valence-electron chi connectivity index (χ0n) is 12.5. The molecule has 5 heteroatoms. The normalized spacial score (nSPS) is 10.2. The minimum atomic E-state index is 0.551. The van der Waals surface area contributed by atoms with E-state index < -0.39 is 0 Å². The summed E-state index contributed by atoms with van der Waals surface area (Å²) in [5.41, 5.74) is 1.53. The first kappa shape index (κ1) is 14.8. The number of nitrogens with one attached hydrogen (secondary N) is 2. The van der Waals surface area contributed by atoms with Crippen LogP contribution in [-0.2, 0) is 0 Å². The van der Waals surface area contributed by atoms with Crippen molar-refractivity contribution in [1.82, 2.24) is 9.97 Å². The molecule has 5 nitrogen and oxygen atoms in total. The smallest absolute Gasteiger partial charge is 0.136 e. The maximum absolute atomic E-state index is 8.80. The highest BCUT2D eigenvalue weighted by Gasteiger charge is 2.03. The summed E-state index contributed by atoms with van der Waals surface area (Å²) in [6.45, 7) is 7.03. The SMILES string of the molecule is Cc1nc(NCC(C)C)cc(Nc2ccc(C#N)cc2)n1. The fourth-order valence-corrected chi connectivity index (χ4v) is 1.81. The maximum Gasteiger partial charge on any atom is 0.136 e. The molecule has 0 aliphatic rings. The first-order chi connectivity index (χ1) is 10.1. The van der Waals surface area contributed by atoms with Gasteiger partial charge in [-0.25, -0.2) is 9.97 Å². The number of nitrogens with zero attached hydrogens (tertiary/aromatic N) is 3. The zero-order chi connectivity index (χ0) is 15.2. The second kappa shape index (κ2) is 6.71. The number of hydrogen-bond acceptors (Lipinski definition) is 5. The lowest BCUT2D eigenvalue weighted by Crippen LogP contribution is -2.10. The topological polar surface area (TPSA) is 73.6 Å². The predicted molar refractivity (Wildman–Crippen MR) is 84.5 cm³/mol. The number of rotatable bonds is 5. The fraction of sp³-hybridized carbons (Fsp3) is 0.312. The van der Waals surface area contributed by atoms with Crippen molar-refractivity contribution in [2.45, 2.75) is 20.8 Å². The van der Waals surface area contributed by atoms with Crippen LogP contribution in [0.25, 0.3) is 0 Å². The Morgan fingerprint density at radius 1 is 1.14 bits per heavy atom. The van der Waals surface area contributed by atoms with Crippen LogP contribution in [0.15, 0.2) is 30.3 Å². The van der Waals surface area contributed by atoms with E-state index in [0.29, 0.717) is 17.3 Å². The fourth-order valence-electron chi connectivity index (χ4n) is 1.81. The largest absolute Gasteiger partial charge is 0.370 e. The van der Waals surface area contributed by atoms with Gasteiger partial charge in [0, 0.05) is 18.3 Å². The molecule has 2 aromatic rings. The highest BCUT2D eigenvalue weighted by atomic mass is 15.1. The van der Waals surface area contributed by atoms with Crippen molar-refractivity contribution >= 4 is 17.3 Å². The van der Waals surface area contributed by atoms with Gasteiger partial charge in [-0.05, 0) is 37.1 Å². The van der Waals surface area contributed by atoms with Gasteiger partial charge >= 0.3 is 0 Å². The molecular formula is C16H19N5. The molecule has 2 N–H and O–H groups in total. The van der Waals surface area contributed by atoms with E-state index in [4.69, 9.17) is 5.26 Å². The molecule has 1 heterocycles. The quantitative estimate of drug-likeness (QED) is 0.877. The molecule has 0 spiro atoms. The van der Waals surface area contributed by atoms with Gasteiger partial charge in [-0.1, -0.05) is 13.8 Å². The van der Waals surface area contributed by atoms with Crippen LogP contribution in [0.5, 0.6) is 0 Å². The molecule has 0 bridgehead atoms. The number of benzene rings is 1. The Bertz CT molecular complexity index is 641. The van der Waals surface area contributed by atoms with Crippen LogP contribution in [0.4, 0.5) is 17.3 Å². The van der Waals surface area contributed by atoms with E-state index in [-0.39, 0.29) is 0 Å². The van der Waals surface area contributed by atoms with Gasteiger partial charge in [0.05, 0.1) is 11.6 Å². The average molecular weight is 281 g/mol. The van der Waals surface area contributed by atoms with Crippen molar-refractivity contribution in [3.05, 3.63) is 41.7 Å². The van der Waals surface area contributed by atoms with Crippen LogP contribution in [0.3, 0.4) is 0 Å². The summed E-state index contributed by atoms with van der Waals surface area (Å²) in [5.74, 6) is 2.81. The highest BCUT2D eigenvalue weighted by molar-refractivity contribution is 5.60. The van der Waals surface area contributed by atoms with Crippen LogP contribution >= 0.6 is 0 Å². The van der Waals surface area contributed by atoms with Crippen LogP contribution in [0.1, 0.15) is 25.2 Å². The van der Waals surface area contributed by atoms with Crippen molar-refractivity contribution in [3.8, 4) is 6.07 Å². The molecule has 0 unspecified atom stereocenters. The van der Waals surface area contributed by atoms with Gasteiger partial charge < -0.3 is 10.6 Å². The van der Waals surface area contributed by atoms with Crippen molar-refractivity contribution in [2.75, 3.05) is 17.2 Å². The number of hydrogen-bond donors (Lipinski definition) is 2. The third kappa shape index (κ3) is 4.46. The van der Waals surface area contributed by atoms with Gasteiger partial charge in [-0.3, -0.25) is 0 Å². The minimum absolute atomic E-state index is 0.551. The predicted octanol–water partition coefficient (Wildman–Crippen LogP) is 3.47. The molecule has 0 amide bonds. The summed E-state index contributed by atoms with van der Waals surface area (Å²) in [5, 5.41) is 15.3. The lowest BCUT2D eigenvalue weighted by molar-refractivity contribution is 0.686. The molecule has 0 aliphatic heterocycles. The average Bonchev–Trinajstić information content (AvgIpc) is 2.45. The Labute approximate surface area is 125 Å². The van der Waals surface area contributed by atoms with Crippen molar-refractivity contribution in [2.24, 2.45) is 5.92 Å². The summed E-state index contributed by atoms with van der Waals surface area (Å²) in [7, 11) is 0. The number of nitriles is 1. The molecule has 0 aliphatic carbocycles. The van der Waals surface area contributed by atoms with Gasteiger partial charge in [-0.15, -0.1) is 0 Å². The maximum atomic E-state index is 8.80. The van der Waals surface area contributed by atoms with Crippen molar-refractivity contribution in [1.29, 1.82) is 5.26 Å². The summed E-state index contributed by atoms with van der Waals surface area (Å²) in [6.07, 6.45) is 0. The molecule has 1 aromatic heterocycles. The lowest BCUT2D eigenvalue weighted by Gasteiger charge is -2.11. The van der Waals surface area contributed by atoms with Crippen LogP contribution < -0.4 is 10.6 Å². The summed E-state index contributed by atoms with van der Waals surface area (Å²) in [4.78, 5) is 8.74. The Morgan fingerprint density at radius 3 is 2.43 bits per heavy atom. The summed E-state index contributed by atoms with van der Waals surface area (Å²) in [6, 6.07) is 11.2. The van der Waals surface area contributed by atoms with Crippen molar-refractivity contribution in [3.63, 3.8) is 0 Å². The van der Waals surface area contributed by atoms with E-state index in [1.807, 2.05) is 25.1 Å². The van der Waals surface area contributed by atoms with E-state index in [0.717, 1.165) is 23.9 Å². The molecule has 0 atom stereocenters. The molecule has 1 aromatic carbocycles. The van der Waals surface area contributed by atoms with Gasteiger partial charge in [0.2, 0.25) is 0 Å². The second-order valence-corrected chi connectivity index (χ2v) is 5.27. The zero-order valence-corrected chi connectivity index (χ0v) is 12.5. The highest BCUT2D eigenvalue weighted by Crippen LogP contribution is 2.18. The molecule has 0 fully saturated rings. The Kier molecular flexibility index (Phi) is 4.72. The second-order valence-electron chi connectivity index (χ2n) is 5.27. The van der Waals surface area contributed by atoms with E-state index in [1.165, 1.54) is 0 Å². The third-order valence-electron chi connectivity index (χ3n) is 2.82. The molecule has 2 rings (SSSR count). The molecule has 0 saturated carbocycles. The van der Waals surface area contributed by atoms with Crippen LogP contribution in [0, 0.1) is 24.2 Å². The molecule has 0 saturated heterocycles. The molecule has 108 valence electrons. The Hall–Kier alpha value is -2.61. The number of aryl methyl sites for hydroxylation is 1. The lowest BCUT2D eigenvalue weighted by atomic mass is 10.2. The first-order valence-corrected chi connectivity index (χ1v) is 6.93. The van der Waals surface area contributed by atoms with E-state index in [9.17, 15) is 0 Å². The molecule has 21 heavy (non-hydrogen) atoms. The van der Waals surface area contributed by atoms with E-state index in [1.54, 1.807) is 12.1 Å². The number of aromatic nitrogens is 2. The Morgan fingerprint density at radius 2 is 1.81 bits per heavy atom.